The Morgan fingerprint density at radius 2 is 1.85 bits per heavy atom. The molecule has 1 aliphatic carbocycles. The number of hydrogen-bond donors (Lipinski definition) is 0. The summed E-state index contributed by atoms with van der Waals surface area (Å²) in [5.41, 5.74) is 2.64. The second-order valence-electron chi connectivity index (χ2n) is 9.23. The topological polar surface area (TPSA) is 80.3 Å². The second-order valence-corrected chi connectivity index (χ2v) is 10.1. The standard InChI is InChI=1S/C29H34N5O3S.2ClH/c1-6-37-27(35)26-20-24(19-22(3)29(26,4)32-31-28-30-13-18-38-28)34(23-7-9-25(36-5)10-8-23)17-16-33-14-11-21(2)12-15-33;;/h7-15,18-20,24H,6,16-17H2,1-5H3;2*1H/q+1;;/p-1. The fraction of sp³-hybridized carbons (Fsp3) is 0.345. The highest BCUT2D eigenvalue weighted by molar-refractivity contribution is 7.13. The van der Waals surface area contributed by atoms with Crippen molar-refractivity contribution in [2.24, 2.45) is 10.2 Å². The van der Waals surface area contributed by atoms with Crippen LogP contribution in [0.3, 0.4) is 0 Å². The van der Waals surface area contributed by atoms with Gasteiger partial charge in [0.05, 0.1) is 31.9 Å². The zero-order valence-corrected chi connectivity index (χ0v) is 25.7. The lowest BCUT2D eigenvalue weighted by Gasteiger charge is -2.37. The number of carbonyl (C=O) groups excluding carboxylic acids is 1. The number of aryl methyl sites for hydroxylation is 1. The Hall–Kier alpha value is -3.27. The van der Waals surface area contributed by atoms with Crippen LogP contribution in [-0.4, -0.2) is 42.8 Å². The lowest BCUT2D eigenvalue weighted by atomic mass is 9.79. The van der Waals surface area contributed by atoms with E-state index in [1.165, 1.54) is 16.9 Å². The van der Waals surface area contributed by atoms with E-state index in [1.807, 2.05) is 49.6 Å². The van der Waals surface area contributed by atoms with Crippen LogP contribution in [0.1, 0.15) is 26.3 Å². The number of benzene rings is 1. The van der Waals surface area contributed by atoms with Gasteiger partial charge in [0.25, 0.3) is 0 Å². The number of nitrogens with zero attached hydrogens (tertiary/aromatic N) is 5. The first-order chi connectivity index (χ1) is 18.3. The second kappa shape index (κ2) is 14.9. The van der Waals surface area contributed by atoms with Gasteiger partial charge in [-0.3, -0.25) is 0 Å². The number of hydrogen-bond acceptors (Lipinski definition) is 8. The summed E-state index contributed by atoms with van der Waals surface area (Å²) in [7, 11) is 1.66. The molecule has 8 nitrogen and oxygen atoms in total. The van der Waals surface area contributed by atoms with Crippen LogP contribution in [0.4, 0.5) is 10.8 Å². The monoisotopic (exact) mass is 603 g/mol. The third-order valence-electron chi connectivity index (χ3n) is 6.72. The number of ether oxygens (including phenoxy) is 2. The number of esters is 1. The van der Waals surface area contributed by atoms with Crippen LogP contribution in [0.15, 0.2) is 93.9 Å². The van der Waals surface area contributed by atoms with Gasteiger partial charge < -0.3 is 26.8 Å². The average Bonchev–Trinajstić information content (AvgIpc) is 3.45. The Balaban J connectivity index is 0.00000280. The molecule has 0 fully saturated rings. The first-order valence-electron chi connectivity index (χ1n) is 12.6. The molecule has 1 aliphatic rings. The summed E-state index contributed by atoms with van der Waals surface area (Å²) in [6, 6.07) is 12.0. The summed E-state index contributed by atoms with van der Waals surface area (Å²) in [4.78, 5) is 19.7. The molecule has 2 unspecified atom stereocenters. The van der Waals surface area contributed by atoms with E-state index in [0.717, 1.165) is 23.6 Å². The van der Waals surface area contributed by atoms with Crippen molar-refractivity contribution in [3.63, 3.8) is 0 Å². The maximum atomic E-state index is 13.2. The smallest absolute Gasteiger partial charge is 0.336 e. The molecule has 0 saturated heterocycles. The predicted molar refractivity (Wildman–Crippen MR) is 156 cm³/mol. The van der Waals surface area contributed by atoms with Crippen molar-refractivity contribution in [2.75, 3.05) is 25.2 Å². The zero-order chi connectivity index (χ0) is 27.1. The Bertz CT molecular complexity index is 1330. The van der Waals surface area contributed by atoms with Crippen LogP contribution in [-0.2, 0) is 16.1 Å². The molecule has 0 radical (unpaired) electrons. The van der Waals surface area contributed by atoms with Crippen molar-refractivity contribution >= 4 is 40.5 Å². The lowest BCUT2D eigenvalue weighted by Crippen LogP contribution is -3.00. The summed E-state index contributed by atoms with van der Waals surface area (Å²) < 4.78 is 13.0. The van der Waals surface area contributed by atoms with Gasteiger partial charge in [-0.2, -0.15) is 5.11 Å². The van der Waals surface area contributed by atoms with Crippen molar-refractivity contribution in [1.82, 2.24) is 4.98 Å². The van der Waals surface area contributed by atoms with E-state index in [2.05, 4.69) is 62.2 Å². The number of azo groups is 1. The van der Waals surface area contributed by atoms with Crippen molar-refractivity contribution in [3.05, 3.63) is 89.2 Å². The highest BCUT2D eigenvalue weighted by atomic mass is 35.5. The average molecular weight is 605 g/mol. The number of thiazole rings is 1. The molecule has 3 aromatic rings. The van der Waals surface area contributed by atoms with E-state index in [4.69, 9.17) is 9.47 Å². The van der Waals surface area contributed by atoms with Crippen molar-refractivity contribution in [3.8, 4) is 5.75 Å². The molecule has 0 N–H and O–H groups in total. The first-order valence-corrected chi connectivity index (χ1v) is 13.5. The highest BCUT2D eigenvalue weighted by Crippen LogP contribution is 2.38. The van der Waals surface area contributed by atoms with Gasteiger partial charge >= 0.3 is 5.97 Å². The van der Waals surface area contributed by atoms with Crippen LogP contribution < -0.4 is 26.6 Å². The minimum atomic E-state index is -0.967. The molecule has 0 saturated carbocycles. The molecule has 2 heterocycles. The van der Waals surface area contributed by atoms with E-state index in [0.29, 0.717) is 17.2 Å². The quantitative estimate of drug-likeness (QED) is 0.154. The molecule has 40 heavy (non-hydrogen) atoms. The predicted octanol–water partition coefficient (Wildman–Crippen LogP) is 3.04. The molecular weight excluding hydrogens is 569 g/mol. The number of aromatic nitrogens is 2. The summed E-state index contributed by atoms with van der Waals surface area (Å²) >= 11 is 1.39. The number of halogens is 2. The van der Waals surface area contributed by atoms with Gasteiger partial charge in [-0.25, -0.2) is 14.3 Å². The Kier molecular flexibility index (Phi) is 12.3. The van der Waals surface area contributed by atoms with E-state index in [9.17, 15) is 4.79 Å². The largest absolute Gasteiger partial charge is 1.00 e. The fourth-order valence-electron chi connectivity index (χ4n) is 4.34. The summed E-state index contributed by atoms with van der Waals surface area (Å²) in [5, 5.41) is 11.3. The third-order valence-corrected chi connectivity index (χ3v) is 7.38. The fourth-order valence-corrected chi connectivity index (χ4v) is 4.79. The van der Waals surface area contributed by atoms with Crippen molar-refractivity contribution < 1.29 is 31.2 Å². The Morgan fingerprint density at radius 3 is 2.45 bits per heavy atom. The molecule has 11 heteroatoms. The molecule has 0 spiro atoms. The molecule has 4 rings (SSSR count). The maximum Gasteiger partial charge on any atom is 0.336 e. The van der Waals surface area contributed by atoms with E-state index >= 15 is 0 Å². The van der Waals surface area contributed by atoms with E-state index in [1.54, 1.807) is 20.2 Å². The SMILES string of the molecule is CCOC(=O)C1=CC(N(CC[n+]2ccc(C)cc2)c2ccc(OC)cc2)C=C(C)C1(C)N=Nc1nccs1.Cl.[Cl-]. The molecule has 1 aromatic carbocycles. The van der Waals surface area contributed by atoms with Gasteiger partial charge in [0.1, 0.15) is 11.3 Å². The van der Waals surface area contributed by atoms with Gasteiger partial charge in [0, 0.05) is 29.4 Å². The summed E-state index contributed by atoms with van der Waals surface area (Å²) in [6.07, 6.45) is 9.95. The van der Waals surface area contributed by atoms with Crippen LogP contribution >= 0.6 is 23.7 Å². The van der Waals surface area contributed by atoms with Gasteiger partial charge in [0.2, 0.25) is 5.13 Å². The molecule has 0 aliphatic heterocycles. The van der Waals surface area contributed by atoms with Crippen molar-refractivity contribution in [1.29, 1.82) is 0 Å². The Morgan fingerprint density at radius 1 is 1.15 bits per heavy atom. The van der Waals surface area contributed by atoms with Crippen LogP contribution in [0.25, 0.3) is 0 Å². The lowest BCUT2D eigenvalue weighted by molar-refractivity contribution is -0.694. The number of pyridine rings is 1. The molecule has 0 bridgehead atoms. The van der Waals surface area contributed by atoms with Gasteiger partial charge in [-0.1, -0.05) is 6.08 Å². The normalized spacial score (nSPS) is 18.2. The minimum Gasteiger partial charge on any atom is -1.00 e. The maximum absolute atomic E-state index is 13.2. The van der Waals surface area contributed by atoms with Crippen LogP contribution in [0.5, 0.6) is 5.75 Å². The molecule has 2 aromatic heterocycles. The first kappa shape index (κ1) is 32.9. The Labute approximate surface area is 252 Å². The minimum absolute atomic E-state index is 0. The van der Waals surface area contributed by atoms with Crippen LogP contribution in [0, 0.1) is 6.92 Å². The molecule has 2 atom stereocenters. The molecule has 0 amide bonds. The van der Waals surface area contributed by atoms with Crippen molar-refractivity contribution in [2.45, 2.75) is 45.8 Å². The zero-order valence-electron chi connectivity index (χ0n) is 23.3. The number of methoxy groups -OCH3 is 1. The van der Waals surface area contributed by atoms with Gasteiger partial charge in [0.15, 0.2) is 18.9 Å². The summed E-state index contributed by atoms with van der Waals surface area (Å²) in [5.74, 6) is 0.392. The number of anilines is 1. The van der Waals surface area contributed by atoms with E-state index in [-0.39, 0.29) is 37.5 Å². The van der Waals surface area contributed by atoms with Crippen LogP contribution in [0.2, 0.25) is 0 Å². The van der Waals surface area contributed by atoms with E-state index < -0.39 is 11.5 Å². The molecule has 214 valence electrons. The van der Waals surface area contributed by atoms with Gasteiger partial charge in [-0.15, -0.1) is 28.9 Å². The third kappa shape index (κ3) is 7.68. The number of carbonyl (C=O) groups is 1. The summed E-state index contributed by atoms with van der Waals surface area (Å²) in [6.45, 7) is 9.51. The molecular formula is C29H35Cl2N5O3S. The van der Waals surface area contributed by atoms with Gasteiger partial charge in [-0.05, 0) is 69.2 Å². The number of rotatable bonds is 10. The highest BCUT2D eigenvalue weighted by Gasteiger charge is 2.41.